The number of aromatic nitrogens is 2. The number of benzene rings is 2. The number of carbonyl (C=O) groups is 1. The molecule has 4 rings (SSSR count). The normalized spacial score (nSPS) is 11.6. The van der Waals surface area contributed by atoms with Crippen molar-refractivity contribution in [2.75, 3.05) is 30.3 Å². The van der Waals surface area contributed by atoms with Gasteiger partial charge >= 0.3 is 6.03 Å². The minimum Gasteiger partial charge on any atom is -0.307 e. The number of para-hydroxylation sites is 1. The highest BCUT2D eigenvalue weighted by atomic mass is 16.2. The van der Waals surface area contributed by atoms with Crippen molar-refractivity contribution >= 4 is 28.4 Å². The van der Waals surface area contributed by atoms with Crippen LogP contribution in [-0.4, -0.2) is 40.1 Å². The number of unbranched alkanes of at least 4 members (excludes halogenated alkanes) is 1. The third-order valence-corrected chi connectivity index (χ3v) is 8.66. The van der Waals surface area contributed by atoms with Crippen LogP contribution in [0.4, 0.5) is 16.2 Å². The molecule has 0 saturated heterocycles. The van der Waals surface area contributed by atoms with E-state index in [0.29, 0.717) is 17.8 Å². The van der Waals surface area contributed by atoms with E-state index in [1.165, 1.54) is 5.56 Å². The molecular weight excluding hydrogens is 558 g/mol. The van der Waals surface area contributed by atoms with Gasteiger partial charge in [0.25, 0.3) is 5.56 Å². The van der Waals surface area contributed by atoms with Gasteiger partial charge in [0.1, 0.15) is 11.3 Å². The fourth-order valence-electron chi connectivity index (χ4n) is 6.10. The van der Waals surface area contributed by atoms with Gasteiger partial charge in [0.2, 0.25) is 0 Å². The molecule has 2 amide bonds. The molecule has 0 atom stereocenters. The van der Waals surface area contributed by atoms with E-state index in [1.54, 1.807) is 10.8 Å². The minimum absolute atomic E-state index is 0.219. The number of pyridine rings is 2. The molecule has 0 spiro atoms. The molecule has 0 fully saturated rings. The standard InChI is InChI=1S/C38H51N5O2/c1-8-11-24-43-36-32(21-14-22-39-36)33(29-18-12-16-28(25-29)17-15-23-42(9-2)10-3)35(37(43)44)41-38(45)40-34-30(26(4)5)19-13-20-31(34)27(6)7/h12-14,16,18-22,25-27H,8-11,15,17,23-24H2,1-7H3,(H2,40,41,45). The van der Waals surface area contributed by atoms with Crippen LogP contribution in [0.2, 0.25) is 0 Å². The Labute approximate surface area is 269 Å². The molecule has 2 N–H and O–H groups in total. The number of urea groups is 1. The van der Waals surface area contributed by atoms with Crippen LogP contribution in [0.25, 0.3) is 22.2 Å². The molecule has 0 radical (unpaired) electrons. The quantitative estimate of drug-likeness (QED) is 0.150. The second kappa shape index (κ2) is 15.8. The number of carbonyl (C=O) groups excluding carboxylic acids is 1. The lowest BCUT2D eigenvalue weighted by atomic mass is 9.93. The van der Waals surface area contributed by atoms with Gasteiger partial charge in [0, 0.05) is 29.4 Å². The maximum atomic E-state index is 14.3. The van der Waals surface area contributed by atoms with Gasteiger partial charge in [0.05, 0.1) is 0 Å². The van der Waals surface area contributed by atoms with Crippen molar-refractivity contribution in [2.24, 2.45) is 0 Å². The molecule has 0 aliphatic rings. The number of anilines is 2. The molecule has 2 aromatic carbocycles. The highest BCUT2D eigenvalue weighted by Gasteiger charge is 2.22. The van der Waals surface area contributed by atoms with Gasteiger partial charge in [-0.05, 0) is 85.1 Å². The van der Waals surface area contributed by atoms with Gasteiger partial charge in [-0.3, -0.25) is 9.36 Å². The Bertz CT molecular complexity index is 1630. The molecule has 0 aliphatic carbocycles. The molecule has 2 aromatic heterocycles. The Morgan fingerprint density at radius 2 is 1.53 bits per heavy atom. The summed E-state index contributed by atoms with van der Waals surface area (Å²) >= 11 is 0. The molecule has 0 saturated carbocycles. The summed E-state index contributed by atoms with van der Waals surface area (Å²) in [6, 6.07) is 18.0. The molecule has 2 heterocycles. The molecule has 240 valence electrons. The Balaban J connectivity index is 1.82. The summed E-state index contributed by atoms with van der Waals surface area (Å²) < 4.78 is 1.72. The van der Waals surface area contributed by atoms with E-state index in [-0.39, 0.29) is 23.1 Å². The van der Waals surface area contributed by atoms with Crippen molar-refractivity contribution in [1.82, 2.24) is 14.5 Å². The zero-order valence-corrected chi connectivity index (χ0v) is 28.2. The number of nitrogens with zero attached hydrogens (tertiary/aromatic N) is 3. The Morgan fingerprint density at radius 3 is 2.18 bits per heavy atom. The lowest BCUT2D eigenvalue weighted by Gasteiger charge is -2.22. The number of aryl methyl sites for hydroxylation is 2. The summed E-state index contributed by atoms with van der Waals surface area (Å²) in [4.78, 5) is 35.3. The van der Waals surface area contributed by atoms with Crippen LogP contribution in [0.1, 0.15) is 96.3 Å². The highest BCUT2D eigenvalue weighted by Crippen LogP contribution is 2.35. The Morgan fingerprint density at radius 1 is 0.867 bits per heavy atom. The van der Waals surface area contributed by atoms with Crippen LogP contribution in [0, 0.1) is 0 Å². The predicted octanol–water partition coefficient (Wildman–Crippen LogP) is 9.03. The van der Waals surface area contributed by atoms with E-state index < -0.39 is 6.03 Å². The van der Waals surface area contributed by atoms with Gasteiger partial charge < -0.3 is 15.5 Å². The van der Waals surface area contributed by atoms with Crippen molar-refractivity contribution in [2.45, 2.75) is 92.5 Å². The van der Waals surface area contributed by atoms with E-state index in [2.05, 4.69) is 93.2 Å². The zero-order chi connectivity index (χ0) is 32.5. The number of amides is 2. The lowest BCUT2D eigenvalue weighted by molar-refractivity contribution is 0.262. The van der Waals surface area contributed by atoms with E-state index in [1.807, 2.05) is 30.3 Å². The summed E-state index contributed by atoms with van der Waals surface area (Å²) in [6.45, 7) is 18.6. The minimum atomic E-state index is -0.427. The summed E-state index contributed by atoms with van der Waals surface area (Å²) in [5.41, 5.74) is 6.42. The average molecular weight is 610 g/mol. The smallest absolute Gasteiger partial charge is 0.307 e. The lowest BCUT2D eigenvalue weighted by Crippen LogP contribution is -2.30. The summed E-state index contributed by atoms with van der Waals surface area (Å²) in [5, 5.41) is 7.03. The summed E-state index contributed by atoms with van der Waals surface area (Å²) in [7, 11) is 0. The third-order valence-electron chi connectivity index (χ3n) is 8.66. The van der Waals surface area contributed by atoms with E-state index in [0.717, 1.165) is 73.1 Å². The van der Waals surface area contributed by atoms with E-state index in [4.69, 9.17) is 0 Å². The number of hydrogen-bond acceptors (Lipinski definition) is 4. The van der Waals surface area contributed by atoms with Gasteiger partial charge in [-0.15, -0.1) is 0 Å². The van der Waals surface area contributed by atoms with Crippen LogP contribution in [0.5, 0.6) is 0 Å². The summed E-state index contributed by atoms with van der Waals surface area (Å²) in [6.07, 6.45) is 5.48. The van der Waals surface area contributed by atoms with Gasteiger partial charge in [-0.25, -0.2) is 9.78 Å². The Hall–Kier alpha value is -3.97. The van der Waals surface area contributed by atoms with Crippen molar-refractivity contribution in [3.63, 3.8) is 0 Å². The first-order valence-electron chi connectivity index (χ1n) is 16.7. The van der Waals surface area contributed by atoms with Gasteiger partial charge in [-0.1, -0.05) is 97.4 Å². The maximum absolute atomic E-state index is 14.3. The second-order valence-electron chi connectivity index (χ2n) is 12.5. The molecule has 4 aromatic rings. The van der Waals surface area contributed by atoms with Gasteiger partial charge in [0.15, 0.2) is 0 Å². The van der Waals surface area contributed by atoms with Crippen LogP contribution in [0.15, 0.2) is 65.6 Å². The number of fused-ring (bicyclic) bond motifs is 1. The highest BCUT2D eigenvalue weighted by molar-refractivity contribution is 6.07. The van der Waals surface area contributed by atoms with E-state index in [9.17, 15) is 9.59 Å². The topological polar surface area (TPSA) is 79.3 Å². The van der Waals surface area contributed by atoms with Crippen molar-refractivity contribution < 1.29 is 4.79 Å². The zero-order valence-electron chi connectivity index (χ0n) is 28.2. The van der Waals surface area contributed by atoms with Crippen LogP contribution in [-0.2, 0) is 13.0 Å². The first-order chi connectivity index (χ1) is 21.7. The molecule has 0 bridgehead atoms. The SMILES string of the molecule is CCCCn1c(=O)c(NC(=O)Nc2c(C(C)C)cccc2C(C)C)c(-c2cccc(CCCN(CC)CC)c2)c2cccnc21. The molecular formula is C38H51N5O2. The number of rotatable bonds is 14. The largest absolute Gasteiger partial charge is 0.323 e. The van der Waals surface area contributed by atoms with Crippen LogP contribution >= 0.6 is 0 Å². The Kier molecular flexibility index (Phi) is 11.9. The fourth-order valence-corrected chi connectivity index (χ4v) is 6.10. The van der Waals surface area contributed by atoms with Crippen LogP contribution < -0.4 is 16.2 Å². The van der Waals surface area contributed by atoms with Crippen molar-refractivity contribution in [3.05, 3.63) is 87.8 Å². The molecule has 0 unspecified atom stereocenters. The van der Waals surface area contributed by atoms with E-state index >= 15 is 0 Å². The maximum Gasteiger partial charge on any atom is 0.323 e. The molecule has 7 nitrogen and oxygen atoms in total. The average Bonchev–Trinajstić information content (AvgIpc) is 3.03. The monoisotopic (exact) mass is 609 g/mol. The van der Waals surface area contributed by atoms with Crippen molar-refractivity contribution in [3.8, 4) is 11.1 Å². The first kappa shape index (κ1) is 33.9. The molecule has 7 heteroatoms. The fraction of sp³-hybridized carbons (Fsp3) is 0.447. The predicted molar refractivity (Wildman–Crippen MR) is 190 cm³/mol. The van der Waals surface area contributed by atoms with Gasteiger partial charge in [-0.2, -0.15) is 0 Å². The number of hydrogen-bond donors (Lipinski definition) is 2. The third kappa shape index (κ3) is 8.01. The number of nitrogens with one attached hydrogen (secondary N) is 2. The first-order valence-corrected chi connectivity index (χ1v) is 16.7. The molecule has 45 heavy (non-hydrogen) atoms. The summed E-state index contributed by atoms with van der Waals surface area (Å²) in [5.74, 6) is 0.439. The molecule has 0 aliphatic heterocycles. The van der Waals surface area contributed by atoms with Crippen molar-refractivity contribution in [1.29, 1.82) is 0 Å². The second-order valence-corrected chi connectivity index (χ2v) is 12.5. The van der Waals surface area contributed by atoms with Crippen LogP contribution in [0.3, 0.4) is 0 Å².